The third-order valence-corrected chi connectivity index (χ3v) is 11.3. The van der Waals surface area contributed by atoms with Crippen LogP contribution in [-0.2, 0) is 20.9 Å². The van der Waals surface area contributed by atoms with Crippen molar-refractivity contribution in [2.45, 2.75) is 101 Å². The summed E-state index contributed by atoms with van der Waals surface area (Å²) < 4.78 is 0. The maximum absolute atomic E-state index is 13.3. The first kappa shape index (κ1) is 34.0. The summed E-state index contributed by atoms with van der Waals surface area (Å²) in [5, 5.41) is 13.2. The third-order valence-electron chi connectivity index (χ3n) is 11.3. The smallest absolute Gasteiger partial charge is 0.255 e. The number of fused-ring (bicyclic) bond motifs is 2. The topological polar surface area (TPSA) is 161 Å². The largest absolute Gasteiger partial charge is 0.382 e. The molecule has 4 unspecified atom stereocenters. The molecule has 2 saturated heterocycles. The Kier molecular flexibility index (Phi) is 10.3. The van der Waals surface area contributed by atoms with Gasteiger partial charge in [-0.15, -0.1) is 0 Å². The lowest BCUT2D eigenvalue weighted by Crippen LogP contribution is -2.52. The normalized spacial score (nSPS) is 25.7. The third kappa shape index (κ3) is 7.50. The molecule has 0 radical (unpaired) electrons. The minimum absolute atomic E-state index is 0.0669. The number of imide groups is 1. The van der Waals surface area contributed by atoms with Crippen LogP contribution in [0, 0.1) is 5.92 Å². The van der Waals surface area contributed by atoms with Crippen LogP contribution < -0.4 is 27.0 Å². The molecule has 4 atom stereocenters. The standard InChI is InChI=1S/C38H50N8O4/c39-21-32(33-22-40-30-10-1-2-11-31(30)43-33)41-25-16-18-45(19-17-25)36(48)13-4-7-24-6-3-8-26(20-24)42-29-12-5-9-27-28(29)23-46(38(27)50)34-14-15-35(47)44-37(34)49/h1-2,5,9-12,24-26,33-34,40,42-43H,3-4,6-8,13-23,39H2,(H,44,47,49). The van der Waals surface area contributed by atoms with Gasteiger partial charge < -0.3 is 31.5 Å². The van der Waals surface area contributed by atoms with Crippen LogP contribution in [0.1, 0.15) is 86.6 Å². The van der Waals surface area contributed by atoms with Gasteiger partial charge in [-0.2, -0.15) is 0 Å². The summed E-state index contributed by atoms with van der Waals surface area (Å²) in [6.07, 6.45) is 9.23. The van der Waals surface area contributed by atoms with E-state index in [-0.39, 0.29) is 36.2 Å². The van der Waals surface area contributed by atoms with E-state index in [4.69, 9.17) is 10.7 Å². The molecule has 5 aliphatic rings. The van der Waals surface area contributed by atoms with Gasteiger partial charge in [-0.05, 0) is 75.1 Å². The van der Waals surface area contributed by atoms with Gasteiger partial charge in [0.1, 0.15) is 6.04 Å². The number of nitrogens with zero attached hydrogens (tertiary/aromatic N) is 3. The Morgan fingerprint density at radius 2 is 1.80 bits per heavy atom. The minimum atomic E-state index is -0.619. The van der Waals surface area contributed by atoms with Gasteiger partial charge >= 0.3 is 0 Å². The Labute approximate surface area is 294 Å². The molecule has 0 aromatic heterocycles. The van der Waals surface area contributed by atoms with Gasteiger partial charge in [-0.25, -0.2) is 0 Å². The maximum atomic E-state index is 13.3. The summed E-state index contributed by atoms with van der Waals surface area (Å²) in [4.78, 5) is 59.3. The molecule has 12 nitrogen and oxygen atoms in total. The van der Waals surface area contributed by atoms with E-state index < -0.39 is 11.9 Å². The number of hydrogen-bond acceptors (Lipinski definition) is 9. The second kappa shape index (κ2) is 15.2. The molecule has 4 heterocycles. The van der Waals surface area contributed by atoms with Crippen molar-refractivity contribution < 1.29 is 19.2 Å². The predicted octanol–water partition coefficient (Wildman–Crippen LogP) is 3.89. The second-order valence-electron chi connectivity index (χ2n) is 14.6. The number of nitrogens with two attached hydrogens (primary N) is 1. The van der Waals surface area contributed by atoms with E-state index in [9.17, 15) is 19.2 Å². The molecule has 2 aromatic rings. The highest BCUT2D eigenvalue weighted by molar-refractivity contribution is 6.06. The molecule has 1 saturated carbocycles. The summed E-state index contributed by atoms with van der Waals surface area (Å²) in [6.45, 7) is 3.01. The maximum Gasteiger partial charge on any atom is 0.255 e. The first-order chi connectivity index (χ1) is 24.4. The van der Waals surface area contributed by atoms with Crippen LogP contribution in [0.5, 0.6) is 0 Å². The molecule has 0 spiro atoms. The number of rotatable bonds is 10. The molecule has 1 aliphatic carbocycles. The number of carbonyl (C=O) groups is 4. The Morgan fingerprint density at radius 3 is 2.60 bits per heavy atom. The molecule has 3 fully saturated rings. The molecule has 6 N–H and O–H groups in total. The Balaban J connectivity index is 0.851. The zero-order valence-corrected chi connectivity index (χ0v) is 28.8. The number of para-hydroxylation sites is 2. The minimum Gasteiger partial charge on any atom is -0.382 e. The molecule has 7 rings (SSSR count). The van der Waals surface area contributed by atoms with Crippen molar-refractivity contribution in [3.05, 3.63) is 53.6 Å². The average molecular weight is 683 g/mol. The van der Waals surface area contributed by atoms with Gasteiger partial charge in [0.25, 0.3) is 5.91 Å². The van der Waals surface area contributed by atoms with Crippen molar-refractivity contribution >= 4 is 46.4 Å². The van der Waals surface area contributed by atoms with Crippen LogP contribution >= 0.6 is 0 Å². The first-order valence-electron chi connectivity index (χ1n) is 18.5. The van der Waals surface area contributed by atoms with Crippen molar-refractivity contribution in [3.8, 4) is 0 Å². The number of aliphatic imine (C=N–C) groups is 1. The molecule has 12 heteroatoms. The quantitative estimate of drug-likeness (QED) is 0.186. The Hall–Kier alpha value is -4.45. The summed E-state index contributed by atoms with van der Waals surface area (Å²) in [6, 6.07) is 13.9. The van der Waals surface area contributed by atoms with Crippen molar-refractivity contribution in [1.29, 1.82) is 0 Å². The van der Waals surface area contributed by atoms with Crippen LogP contribution in [0.25, 0.3) is 0 Å². The number of nitrogens with one attached hydrogen (secondary N) is 4. The second-order valence-corrected chi connectivity index (χ2v) is 14.6. The molecular formula is C38H50N8O4. The summed E-state index contributed by atoms with van der Waals surface area (Å²) in [5.74, 6) is -0.0243. The van der Waals surface area contributed by atoms with E-state index in [1.807, 2.05) is 35.2 Å². The predicted molar refractivity (Wildman–Crippen MR) is 194 cm³/mol. The number of anilines is 3. The van der Waals surface area contributed by atoms with Gasteiger partial charge in [0, 0.05) is 68.4 Å². The van der Waals surface area contributed by atoms with Crippen molar-refractivity contribution in [2.24, 2.45) is 16.6 Å². The molecule has 50 heavy (non-hydrogen) atoms. The van der Waals surface area contributed by atoms with Crippen molar-refractivity contribution in [2.75, 3.05) is 42.1 Å². The van der Waals surface area contributed by atoms with Crippen LogP contribution in [0.4, 0.5) is 17.1 Å². The SMILES string of the molecule is NCC(=NC1CCN(C(=O)CCCC2CCCC(Nc3cccc4c3CN(C3CCC(=O)NC3=O)C4=O)C2)CC1)C1CNc2ccccc2N1. The average Bonchev–Trinajstić information content (AvgIpc) is 3.47. The zero-order chi connectivity index (χ0) is 34.6. The molecule has 2 aromatic carbocycles. The zero-order valence-electron chi connectivity index (χ0n) is 28.8. The van der Waals surface area contributed by atoms with E-state index in [2.05, 4.69) is 33.4 Å². The van der Waals surface area contributed by atoms with Gasteiger partial charge in [0.05, 0.1) is 29.2 Å². The van der Waals surface area contributed by atoms with Crippen LogP contribution in [0.15, 0.2) is 47.5 Å². The molecule has 4 aliphatic heterocycles. The van der Waals surface area contributed by atoms with E-state index in [0.717, 1.165) is 92.9 Å². The lowest BCUT2D eigenvalue weighted by Gasteiger charge is -2.33. The van der Waals surface area contributed by atoms with Gasteiger partial charge in [0.2, 0.25) is 17.7 Å². The summed E-state index contributed by atoms with van der Waals surface area (Å²) in [5.41, 5.74) is 11.8. The Morgan fingerprint density at radius 1 is 0.980 bits per heavy atom. The highest BCUT2D eigenvalue weighted by Crippen LogP contribution is 2.36. The van der Waals surface area contributed by atoms with Gasteiger partial charge in [0.15, 0.2) is 0 Å². The number of carbonyl (C=O) groups excluding carboxylic acids is 4. The van der Waals surface area contributed by atoms with E-state index >= 15 is 0 Å². The van der Waals surface area contributed by atoms with E-state index in [1.54, 1.807) is 4.90 Å². The number of piperidine rings is 2. The highest BCUT2D eigenvalue weighted by Gasteiger charge is 2.40. The fourth-order valence-electron chi connectivity index (χ4n) is 8.50. The van der Waals surface area contributed by atoms with Crippen LogP contribution in [-0.4, -0.2) is 89.5 Å². The monoisotopic (exact) mass is 682 g/mol. The lowest BCUT2D eigenvalue weighted by molar-refractivity contribution is -0.137. The first-order valence-corrected chi connectivity index (χ1v) is 18.5. The van der Waals surface area contributed by atoms with Gasteiger partial charge in [-0.3, -0.25) is 29.5 Å². The molecular weight excluding hydrogens is 632 g/mol. The summed E-state index contributed by atoms with van der Waals surface area (Å²) in [7, 11) is 0. The van der Waals surface area contributed by atoms with Gasteiger partial charge in [-0.1, -0.05) is 31.0 Å². The van der Waals surface area contributed by atoms with Crippen molar-refractivity contribution in [1.82, 2.24) is 15.1 Å². The molecule has 266 valence electrons. The fourth-order valence-corrected chi connectivity index (χ4v) is 8.50. The number of likely N-dealkylation sites (tertiary alicyclic amines) is 1. The molecule has 4 amide bonds. The lowest BCUT2D eigenvalue weighted by atomic mass is 9.82. The van der Waals surface area contributed by atoms with Crippen LogP contribution in [0.2, 0.25) is 0 Å². The molecule has 0 bridgehead atoms. The highest BCUT2D eigenvalue weighted by atomic mass is 16.2. The summed E-state index contributed by atoms with van der Waals surface area (Å²) >= 11 is 0. The van der Waals surface area contributed by atoms with Crippen molar-refractivity contribution in [3.63, 3.8) is 0 Å². The number of benzene rings is 2. The van der Waals surface area contributed by atoms with Crippen LogP contribution in [0.3, 0.4) is 0 Å². The van der Waals surface area contributed by atoms with E-state index in [0.29, 0.717) is 43.5 Å². The number of amides is 4. The van der Waals surface area contributed by atoms with E-state index in [1.165, 1.54) is 6.42 Å². The Bertz CT molecular complexity index is 1640. The fraction of sp³-hybridized carbons (Fsp3) is 0.553. The number of hydrogen-bond donors (Lipinski definition) is 5.